The van der Waals surface area contributed by atoms with Gasteiger partial charge in [-0.2, -0.15) is 0 Å². The molecule has 2 N–H and O–H groups in total. The van der Waals surface area contributed by atoms with E-state index in [2.05, 4.69) is 20.5 Å². The van der Waals surface area contributed by atoms with Gasteiger partial charge in [0.25, 0.3) is 0 Å². The van der Waals surface area contributed by atoms with Gasteiger partial charge < -0.3 is 20.4 Å². The molecule has 0 bridgehead atoms. The number of amides is 1. The molecule has 0 aromatic rings. The second-order valence-electron chi connectivity index (χ2n) is 9.15. The fourth-order valence-corrected chi connectivity index (χ4v) is 5.31. The fraction of sp³-hybridized carbons (Fsp3) is 0.905. The van der Waals surface area contributed by atoms with E-state index in [0.717, 1.165) is 44.1 Å². The number of hydrogen-bond donors (Lipinski definition) is 2. The van der Waals surface area contributed by atoms with Gasteiger partial charge in [-0.25, -0.2) is 0 Å². The maximum absolute atomic E-state index is 12.7. The molecule has 2 saturated carbocycles. The first-order chi connectivity index (χ1) is 13.0. The Morgan fingerprint density at radius 2 is 1.82 bits per heavy atom. The lowest BCUT2D eigenvalue weighted by atomic mass is 9.84. The summed E-state index contributed by atoms with van der Waals surface area (Å²) in [6.07, 6.45) is 11.1. The van der Waals surface area contributed by atoms with E-state index in [0.29, 0.717) is 12.6 Å². The minimum atomic E-state index is -0.259. The number of carbonyl (C=O) groups excluding carboxylic acids is 1. The van der Waals surface area contributed by atoms with Gasteiger partial charge in [0.15, 0.2) is 5.96 Å². The third-order valence-electron chi connectivity index (χ3n) is 6.84. The SMILES string of the molecule is CN=C(NCC1(C(=O)N(C)C)CCCC1)NC1CCN(CC2CCCC2)C1.I. The van der Waals surface area contributed by atoms with E-state index in [-0.39, 0.29) is 35.3 Å². The predicted octanol–water partition coefficient (Wildman–Crippen LogP) is 2.68. The van der Waals surface area contributed by atoms with Gasteiger partial charge in [0.1, 0.15) is 0 Å². The van der Waals surface area contributed by atoms with Crippen molar-refractivity contribution in [2.24, 2.45) is 16.3 Å². The van der Waals surface area contributed by atoms with Crippen molar-refractivity contribution < 1.29 is 4.79 Å². The van der Waals surface area contributed by atoms with Crippen LogP contribution in [-0.2, 0) is 4.79 Å². The fourth-order valence-electron chi connectivity index (χ4n) is 5.31. The summed E-state index contributed by atoms with van der Waals surface area (Å²) in [6.45, 7) is 4.25. The zero-order valence-corrected chi connectivity index (χ0v) is 20.3. The maximum atomic E-state index is 12.7. The van der Waals surface area contributed by atoms with E-state index in [1.165, 1.54) is 45.2 Å². The second-order valence-corrected chi connectivity index (χ2v) is 9.15. The van der Waals surface area contributed by atoms with Crippen LogP contribution in [0.25, 0.3) is 0 Å². The predicted molar refractivity (Wildman–Crippen MR) is 126 cm³/mol. The Morgan fingerprint density at radius 3 is 2.43 bits per heavy atom. The molecule has 1 amide bonds. The van der Waals surface area contributed by atoms with Gasteiger partial charge in [0.2, 0.25) is 5.91 Å². The van der Waals surface area contributed by atoms with Crippen LogP contribution in [-0.4, -0.2) is 75.0 Å². The van der Waals surface area contributed by atoms with Gasteiger partial charge in [-0.05, 0) is 38.0 Å². The molecule has 1 atom stereocenters. The minimum Gasteiger partial charge on any atom is -0.355 e. The van der Waals surface area contributed by atoms with Crippen LogP contribution in [0.1, 0.15) is 57.8 Å². The number of aliphatic imine (C=N–C) groups is 1. The molecule has 0 spiro atoms. The number of nitrogens with zero attached hydrogens (tertiary/aromatic N) is 3. The molecule has 1 unspecified atom stereocenters. The van der Waals surface area contributed by atoms with Crippen molar-refractivity contribution in [2.45, 2.75) is 63.8 Å². The summed E-state index contributed by atoms with van der Waals surface area (Å²) in [7, 11) is 5.57. The highest BCUT2D eigenvalue weighted by molar-refractivity contribution is 14.0. The van der Waals surface area contributed by atoms with E-state index >= 15 is 0 Å². The van der Waals surface area contributed by atoms with Crippen molar-refractivity contribution in [3.05, 3.63) is 0 Å². The number of rotatable bonds is 6. The lowest BCUT2D eigenvalue weighted by Gasteiger charge is -2.31. The first kappa shape index (κ1) is 23.7. The summed E-state index contributed by atoms with van der Waals surface area (Å²) < 4.78 is 0. The molecule has 0 aromatic heterocycles. The monoisotopic (exact) mass is 505 g/mol. The summed E-state index contributed by atoms with van der Waals surface area (Å²) in [6, 6.07) is 0.460. The van der Waals surface area contributed by atoms with Gasteiger partial charge in [-0.3, -0.25) is 9.79 Å². The molecular weight excluding hydrogens is 465 g/mol. The van der Waals surface area contributed by atoms with Crippen molar-refractivity contribution in [1.29, 1.82) is 0 Å². The molecule has 3 fully saturated rings. The normalized spacial score (nSPS) is 25.5. The summed E-state index contributed by atoms with van der Waals surface area (Å²) >= 11 is 0. The van der Waals surface area contributed by atoms with Crippen LogP contribution in [0.2, 0.25) is 0 Å². The third kappa shape index (κ3) is 5.97. The molecule has 6 nitrogen and oxygen atoms in total. The molecule has 162 valence electrons. The summed E-state index contributed by atoms with van der Waals surface area (Å²) in [5, 5.41) is 7.08. The summed E-state index contributed by atoms with van der Waals surface area (Å²) in [5.74, 6) is 2.02. The summed E-state index contributed by atoms with van der Waals surface area (Å²) in [4.78, 5) is 21.5. The highest BCUT2D eigenvalue weighted by Gasteiger charge is 2.42. The number of carbonyl (C=O) groups is 1. The van der Waals surface area contributed by atoms with Crippen LogP contribution in [0.15, 0.2) is 4.99 Å². The van der Waals surface area contributed by atoms with E-state index in [1.54, 1.807) is 4.90 Å². The Balaban J connectivity index is 0.00000280. The number of likely N-dealkylation sites (tertiary alicyclic amines) is 1. The molecule has 1 heterocycles. The Kier molecular flexibility index (Phi) is 9.31. The van der Waals surface area contributed by atoms with Gasteiger partial charge in [0.05, 0.1) is 5.41 Å². The standard InChI is InChI=1S/C21H39N5O.HI/c1-22-20(23-16-21(11-6-7-12-21)19(27)25(2)3)24-18-10-13-26(15-18)14-17-8-4-5-9-17;/h17-18H,4-16H2,1-3H3,(H2,22,23,24);1H. The smallest absolute Gasteiger partial charge is 0.230 e. The quantitative estimate of drug-likeness (QED) is 0.331. The highest BCUT2D eigenvalue weighted by atomic mass is 127. The van der Waals surface area contributed by atoms with Crippen LogP contribution in [0.4, 0.5) is 0 Å². The molecule has 1 aliphatic heterocycles. The number of halogens is 1. The van der Waals surface area contributed by atoms with E-state index in [1.807, 2.05) is 21.1 Å². The van der Waals surface area contributed by atoms with Gasteiger partial charge in [-0.15, -0.1) is 24.0 Å². The molecule has 3 aliphatic rings. The highest BCUT2D eigenvalue weighted by Crippen LogP contribution is 2.38. The molecule has 3 rings (SSSR count). The van der Waals surface area contributed by atoms with E-state index in [4.69, 9.17) is 0 Å². The van der Waals surface area contributed by atoms with Crippen LogP contribution >= 0.6 is 24.0 Å². The molecule has 7 heteroatoms. The van der Waals surface area contributed by atoms with Gasteiger partial charge in [-0.1, -0.05) is 25.7 Å². The average Bonchev–Trinajstić information content (AvgIpc) is 3.41. The van der Waals surface area contributed by atoms with E-state index in [9.17, 15) is 4.79 Å². The Morgan fingerprint density at radius 1 is 1.14 bits per heavy atom. The summed E-state index contributed by atoms with van der Waals surface area (Å²) in [5.41, 5.74) is -0.259. The molecule has 28 heavy (non-hydrogen) atoms. The zero-order valence-electron chi connectivity index (χ0n) is 18.0. The Hall–Kier alpha value is -0.570. The van der Waals surface area contributed by atoms with Crippen molar-refractivity contribution in [3.63, 3.8) is 0 Å². The number of guanidine groups is 1. The minimum absolute atomic E-state index is 0. The first-order valence-electron chi connectivity index (χ1n) is 10.9. The van der Waals surface area contributed by atoms with Crippen LogP contribution in [0, 0.1) is 11.3 Å². The maximum Gasteiger partial charge on any atom is 0.230 e. The second kappa shape index (κ2) is 11.0. The molecule has 1 saturated heterocycles. The number of nitrogens with one attached hydrogen (secondary N) is 2. The van der Waals surface area contributed by atoms with Gasteiger partial charge in [0, 0.05) is 53.4 Å². The Bertz CT molecular complexity index is 527. The van der Waals surface area contributed by atoms with Crippen molar-refractivity contribution in [3.8, 4) is 0 Å². The first-order valence-corrected chi connectivity index (χ1v) is 10.9. The van der Waals surface area contributed by atoms with Crippen molar-refractivity contribution in [2.75, 3.05) is 47.3 Å². The van der Waals surface area contributed by atoms with Gasteiger partial charge >= 0.3 is 0 Å². The third-order valence-corrected chi connectivity index (χ3v) is 6.84. The van der Waals surface area contributed by atoms with Crippen molar-refractivity contribution >= 4 is 35.8 Å². The molecule has 0 aromatic carbocycles. The average molecular weight is 505 g/mol. The van der Waals surface area contributed by atoms with Crippen molar-refractivity contribution in [1.82, 2.24) is 20.4 Å². The van der Waals surface area contributed by atoms with Crippen LogP contribution < -0.4 is 10.6 Å². The molecular formula is C21H40IN5O. The van der Waals surface area contributed by atoms with Crippen LogP contribution in [0.5, 0.6) is 0 Å². The largest absolute Gasteiger partial charge is 0.355 e. The molecule has 2 aliphatic carbocycles. The molecule has 0 radical (unpaired) electrons. The lowest BCUT2D eigenvalue weighted by Crippen LogP contribution is -2.51. The Labute approximate surface area is 188 Å². The number of hydrogen-bond acceptors (Lipinski definition) is 3. The van der Waals surface area contributed by atoms with Crippen LogP contribution in [0.3, 0.4) is 0 Å². The van der Waals surface area contributed by atoms with E-state index < -0.39 is 0 Å². The lowest BCUT2D eigenvalue weighted by molar-refractivity contribution is -0.138. The zero-order chi connectivity index (χ0) is 19.3. The topological polar surface area (TPSA) is 60.0 Å².